The molecule has 3 nitrogen and oxygen atoms in total. The van der Waals surface area contributed by atoms with Gasteiger partial charge in [-0.05, 0) is 32.0 Å². The smallest absolute Gasteiger partial charge is 0.317 e. The van der Waals surface area contributed by atoms with Gasteiger partial charge in [0, 0.05) is 12.1 Å². The Kier molecular flexibility index (Phi) is 4.70. The van der Waals surface area contributed by atoms with Crippen LogP contribution in [0.3, 0.4) is 0 Å². The minimum Gasteiger partial charge on any atom is -0.317 e. The molecule has 0 saturated carbocycles. The molecular formula is C10H13ClF3N3. The first-order chi connectivity index (χ1) is 7.57. The van der Waals surface area contributed by atoms with E-state index in [1.807, 2.05) is 0 Å². The van der Waals surface area contributed by atoms with Crippen LogP contribution in [0.1, 0.15) is 30.3 Å². The van der Waals surface area contributed by atoms with E-state index in [9.17, 15) is 13.2 Å². The fourth-order valence-electron chi connectivity index (χ4n) is 1.81. The summed E-state index contributed by atoms with van der Waals surface area (Å²) in [5, 5.41) is 3.15. The average Bonchev–Trinajstić information content (AvgIpc) is 2.29. The molecule has 1 aliphatic heterocycles. The highest BCUT2D eigenvalue weighted by molar-refractivity contribution is 5.85. The monoisotopic (exact) mass is 267 g/mol. The van der Waals surface area contributed by atoms with Gasteiger partial charge in [0.2, 0.25) is 0 Å². The van der Waals surface area contributed by atoms with Gasteiger partial charge in [-0.25, -0.2) is 9.97 Å². The van der Waals surface area contributed by atoms with Crippen LogP contribution < -0.4 is 5.32 Å². The van der Waals surface area contributed by atoms with Gasteiger partial charge in [-0.1, -0.05) is 0 Å². The highest BCUT2D eigenvalue weighted by Gasteiger charge is 2.33. The molecule has 0 unspecified atom stereocenters. The number of hydrogen-bond acceptors (Lipinski definition) is 3. The molecule has 96 valence electrons. The lowest BCUT2D eigenvalue weighted by atomic mass is 9.97. The minimum atomic E-state index is -4.38. The second-order valence-corrected chi connectivity index (χ2v) is 3.82. The van der Waals surface area contributed by atoms with Crippen molar-refractivity contribution < 1.29 is 13.2 Å². The molecule has 0 atom stereocenters. The zero-order valence-corrected chi connectivity index (χ0v) is 9.81. The fraction of sp³-hybridized carbons (Fsp3) is 0.600. The number of halogens is 4. The summed E-state index contributed by atoms with van der Waals surface area (Å²) in [6, 6.07) is 0.907. The Morgan fingerprint density at radius 1 is 1.24 bits per heavy atom. The summed E-state index contributed by atoms with van der Waals surface area (Å²) in [5.74, 6) is 0.361. The maximum atomic E-state index is 12.4. The second-order valence-electron chi connectivity index (χ2n) is 3.82. The van der Waals surface area contributed by atoms with Gasteiger partial charge in [-0.3, -0.25) is 0 Å². The van der Waals surface area contributed by atoms with Crippen molar-refractivity contribution in [1.29, 1.82) is 0 Å². The molecule has 0 spiro atoms. The largest absolute Gasteiger partial charge is 0.433 e. The molecule has 0 radical (unpaired) electrons. The van der Waals surface area contributed by atoms with Crippen molar-refractivity contribution in [2.75, 3.05) is 13.1 Å². The molecule has 1 N–H and O–H groups in total. The molecule has 1 aliphatic rings. The van der Waals surface area contributed by atoms with E-state index in [0.29, 0.717) is 5.82 Å². The summed E-state index contributed by atoms with van der Waals surface area (Å²) in [6.45, 7) is 1.62. The number of aromatic nitrogens is 2. The van der Waals surface area contributed by atoms with Crippen LogP contribution in [0.2, 0.25) is 0 Å². The zero-order chi connectivity index (χ0) is 11.6. The third-order valence-electron chi connectivity index (χ3n) is 2.67. The van der Waals surface area contributed by atoms with E-state index >= 15 is 0 Å². The van der Waals surface area contributed by atoms with E-state index in [4.69, 9.17) is 0 Å². The standard InChI is InChI=1S/C10H12F3N3.ClH/c11-10(12,13)8-3-6-15-9(16-8)7-1-4-14-5-2-7;/h3,6-7,14H,1-2,4-5H2;1H. The van der Waals surface area contributed by atoms with Crippen molar-refractivity contribution in [2.45, 2.75) is 24.9 Å². The third kappa shape index (κ3) is 3.54. The van der Waals surface area contributed by atoms with Crippen molar-refractivity contribution in [2.24, 2.45) is 0 Å². The number of nitrogens with zero attached hydrogens (tertiary/aromatic N) is 2. The zero-order valence-electron chi connectivity index (χ0n) is 9.00. The van der Waals surface area contributed by atoms with Crippen LogP contribution in [0.25, 0.3) is 0 Å². The topological polar surface area (TPSA) is 37.8 Å². The molecule has 2 heterocycles. The molecule has 0 bridgehead atoms. The maximum Gasteiger partial charge on any atom is 0.433 e. The van der Waals surface area contributed by atoms with Gasteiger partial charge < -0.3 is 5.32 Å². The number of hydrogen-bond donors (Lipinski definition) is 1. The number of nitrogens with one attached hydrogen (secondary N) is 1. The Bertz CT molecular complexity index is 364. The SMILES string of the molecule is Cl.FC(F)(F)c1ccnc(C2CCNCC2)n1. The van der Waals surface area contributed by atoms with Crippen molar-refractivity contribution in [3.05, 3.63) is 23.8 Å². The number of piperidine rings is 1. The van der Waals surface area contributed by atoms with Crippen LogP contribution in [-0.2, 0) is 6.18 Å². The predicted molar refractivity (Wildman–Crippen MR) is 59.1 cm³/mol. The highest BCUT2D eigenvalue weighted by Crippen LogP contribution is 2.29. The van der Waals surface area contributed by atoms with Crippen molar-refractivity contribution in [1.82, 2.24) is 15.3 Å². The van der Waals surface area contributed by atoms with E-state index in [1.54, 1.807) is 0 Å². The number of rotatable bonds is 1. The van der Waals surface area contributed by atoms with Crippen LogP contribution in [0.5, 0.6) is 0 Å². The quantitative estimate of drug-likeness (QED) is 0.849. The first-order valence-electron chi connectivity index (χ1n) is 5.18. The Balaban J connectivity index is 0.00000144. The van der Waals surface area contributed by atoms with Gasteiger partial charge in [-0.2, -0.15) is 13.2 Å². The molecule has 1 aromatic rings. The van der Waals surface area contributed by atoms with Gasteiger partial charge in [-0.15, -0.1) is 12.4 Å². The molecule has 2 rings (SSSR count). The minimum absolute atomic E-state index is 0. The maximum absolute atomic E-state index is 12.4. The Hall–Kier alpha value is -0.880. The molecule has 17 heavy (non-hydrogen) atoms. The van der Waals surface area contributed by atoms with Gasteiger partial charge in [0.1, 0.15) is 11.5 Å². The van der Waals surface area contributed by atoms with Gasteiger partial charge in [0.05, 0.1) is 0 Å². The van der Waals surface area contributed by atoms with Crippen LogP contribution in [0.4, 0.5) is 13.2 Å². The van der Waals surface area contributed by atoms with Crippen molar-refractivity contribution >= 4 is 12.4 Å². The lowest BCUT2D eigenvalue weighted by molar-refractivity contribution is -0.141. The normalized spacial score (nSPS) is 17.6. The molecule has 7 heteroatoms. The second kappa shape index (κ2) is 5.64. The van der Waals surface area contributed by atoms with Gasteiger partial charge in [0.25, 0.3) is 0 Å². The molecular weight excluding hydrogens is 255 g/mol. The summed E-state index contributed by atoms with van der Waals surface area (Å²) in [7, 11) is 0. The Labute approximate surface area is 103 Å². The molecule has 0 aliphatic carbocycles. The Morgan fingerprint density at radius 3 is 2.47 bits per heavy atom. The molecule has 1 aromatic heterocycles. The molecule has 1 fully saturated rings. The van der Waals surface area contributed by atoms with E-state index in [2.05, 4.69) is 15.3 Å². The summed E-state index contributed by atoms with van der Waals surface area (Å²) in [4.78, 5) is 7.54. The summed E-state index contributed by atoms with van der Waals surface area (Å²) in [5.41, 5.74) is -0.851. The Morgan fingerprint density at radius 2 is 1.88 bits per heavy atom. The first-order valence-corrected chi connectivity index (χ1v) is 5.18. The van der Waals surface area contributed by atoms with E-state index < -0.39 is 11.9 Å². The fourth-order valence-corrected chi connectivity index (χ4v) is 1.81. The van der Waals surface area contributed by atoms with Crippen LogP contribution >= 0.6 is 12.4 Å². The van der Waals surface area contributed by atoms with E-state index in [0.717, 1.165) is 32.0 Å². The predicted octanol–water partition coefficient (Wildman–Crippen LogP) is 2.38. The first kappa shape index (κ1) is 14.2. The average molecular weight is 268 g/mol. The molecule has 0 amide bonds. The van der Waals surface area contributed by atoms with Gasteiger partial charge in [0.15, 0.2) is 0 Å². The van der Waals surface area contributed by atoms with Crippen molar-refractivity contribution in [3.8, 4) is 0 Å². The highest BCUT2D eigenvalue weighted by atomic mass is 35.5. The lowest BCUT2D eigenvalue weighted by Crippen LogP contribution is -2.28. The van der Waals surface area contributed by atoms with Crippen molar-refractivity contribution in [3.63, 3.8) is 0 Å². The summed E-state index contributed by atoms with van der Waals surface area (Å²) in [6.07, 6.45) is -1.61. The van der Waals surface area contributed by atoms with Crippen LogP contribution in [0, 0.1) is 0 Å². The molecule has 1 saturated heterocycles. The summed E-state index contributed by atoms with van der Waals surface area (Å²) >= 11 is 0. The third-order valence-corrected chi connectivity index (χ3v) is 2.67. The van der Waals surface area contributed by atoms with Gasteiger partial charge >= 0.3 is 6.18 Å². The van der Waals surface area contributed by atoms with E-state index in [-0.39, 0.29) is 18.3 Å². The lowest BCUT2D eigenvalue weighted by Gasteiger charge is -2.21. The molecule has 0 aromatic carbocycles. The van der Waals surface area contributed by atoms with E-state index in [1.165, 1.54) is 6.20 Å². The van der Waals surface area contributed by atoms with Crippen LogP contribution in [0.15, 0.2) is 12.3 Å². The number of alkyl halides is 3. The summed E-state index contributed by atoms with van der Waals surface area (Å²) < 4.78 is 37.3. The van der Waals surface area contributed by atoms with Crippen LogP contribution in [-0.4, -0.2) is 23.1 Å².